The van der Waals surface area contributed by atoms with Gasteiger partial charge in [-0.15, -0.1) is 0 Å². The Hall–Kier alpha value is -7.05. The summed E-state index contributed by atoms with van der Waals surface area (Å²) in [4.78, 5) is 15.4. The fourth-order valence-corrected chi connectivity index (χ4v) is 7.73. The van der Waals surface area contributed by atoms with Gasteiger partial charge in [0.05, 0.1) is 22.1 Å². The zero-order valence-electron chi connectivity index (χ0n) is 27.2. The molecule has 0 spiro atoms. The summed E-state index contributed by atoms with van der Waals surface area (Å²) in [7, 11) is 0. The van der Waals surface area contributed by atoms with E-state index in [-0.39, 0.29) is 0 Å². The van der Waals surface area contributed by atoms with Crippen LogP contribution in [0.15, 0.2) is 168 Å². The van der Waals surface area contributed by atoms with Crippen molar-refractivity contribution in [2.24, 2.45) is 0 Å². The van der Waals surface area contributed by atoms with Crippen LogP contribution < -0.4 is 0 Å². The summed E-state index contributed by atoms with van der Waals surface area (Å²) < 4.78 is 11.1. The van der Waals surface area contributed by atoms with Gasteiger partial charge in [-0.3, -0.25) is 4.57 Å². The minimum atomic E-state index is 0.552. The van der Waals surface area contributed by atoms with Gasteiger partial charge < -0.3 is 8.98 Å². The molecule has 51 heavy (non-hydrogen) atoms. The second-order valence-electron chi connectivity index (χ2n) is 12.9. The topological polar surface area (TPSA) is 61.7 Å². The van der Waals surface area contributed by atoms with Gasteiger partial charge in [0, 0.05) is 49.1 Å². The number of hydrogen-bond donors (Lipinski definition) is 0. The highest BCUT2D eigenvalue weighted by molar-refractivity contribution is 6.27. The van der Waals surface area contributed by atoms with E-state index in [1.807, 2.05) is 72.8 Å². The Morgan fingerprint density at radius 2 is 1.02 bits per heavy atom. The Morgan fingerprint density at radius 1 is 0.392 bits per heavy atom. The van der Waals surface area contributed by atoms with Crippen LogP contribution in [-0.2, 0) is 0 Å². The second kappa shape index (κ2) is 10.7. The Bertz CT molecular complexity index is 3060. The molecule has 0 saturated carbocycles. The lowest BCUT2D eigenvalue weighted by Crippen LogP contribution is -2.06. The van der Waals surface area contributed by atoms with E-state index < -0.39 is 0 Å². The SMILES string of the molecule is c1ccc(-c2nc(-c3ccccc3)nc(-n3c4cc5c(cc4c4c3ccc3c6ccccc6n(-c6ccccc6)c34)oc3ccccc35)n2)cc1. The van der Waals surface area contributed by atoms with Crippen LogP contribution in [0.4, 0.5) is 0 Å². The molecule has 6 nitrogen and oxygen atoms in total. The highest BCUT2D eigenvalue weighted by Crippen LogP contribution is 2.44. The molecule has 0 unspecified atom stereocenters. The lowest BCUT2D eigenvalue weighted by molar-refractivity contribution is 0.669. The molecule has 0 radical (unpaired) electrons. The van der Waals surface area contributed by atoms with Crippen molar-refractivity contribution in [3.05, 3.63) is 164 Å². The fourth-order valence-electron chi connectivity index (χ4n) is 7.73. The molecule has 0 fully saturated rings. The smallest absolute Gasteiger partial charge is 0.238 e. The van der Waals surface area contributed by atoms with Crippen LogP contribution in [-0.4, -0.2) is 24.1 Å². The van der Waals surface area contributed by atoms with Gasteiger partial charge in [-0.2, -0.15) is 9.97 Å². The van der Waals surface area contributed by atoms with E-state index in [1.165, 1.54) is 10.8 Å². The first kappa shape index (κ1) is 27.9. The molecule has 0 atom stereocenters. The predicted molar refractivity (Wildman–Crippen MR) is 207 cm³/mol. The number of benzene rings is 7. The Morgan fingerprint density at radius 3 is 1.75 bits per heavy atom. The molecule has 0 bridgehead atoms. The molecule has 0 aliphatic carbocycles. The summed E-state index contributed by atoms with van der Waals surface area (Å²) in [6.45, 7) is 0. The largest absolute Gasteiger partial charge is 0.456 e. The molecule has 7 aromatic carbocycles. The van der Waals surface area contributed by atoms with Gasteiger partial charge in [-0.1, -0.05) is 121 Å². The zero-order valence-corrected chi connectivity index (χ0v) is 27.2. The standard InChI is InChI=1S/C45H27N5O/c1-4-14-28(15-5-1)43-46-44(29-16-6-2-7-17-29)48-45(47-43)50-37-25-24-33-31-20-10-12-22-36(31)49(30-18-8-3-9-19-30)42(33)41(37)35-27-40-34(26-38(35)50)32-21-11-13-23-39(32)51-40/h1-27H. The number of fused-ring (bicyclic) bond motifs is 10. The summed E-state index contributed by atoms with van der Waals surface area (Å²) in [5.74, 6) is 1.78. The van der Waals surface area contributed by atoms with Crippen molar-refractivity contribution in [3.63, 3.8) is 0 Å². The van der Waals surface area contributed by atoms with E-state index in [1.54, 1.807) is 0 Å². The first-order chi connectivity index (χ1) is 25.3. The van der Waals surface area contributed by atoms with Gasteiger partial charge in [0.15, 0.2) is 11.6 Å². The predicted octanol–water partition coefficient (Wildman–Crippen LogP) is 11.3. The number of furan rings is 1. The normalized spacial score (nSPS) is 11.9. The first-order valence-corrected chi connectivity index (χ1v) is 17.0. The van der Waals surface area contributed by atoms with Crippen LogP contribution in [0.2, 0.25) is 0 Å². The summed E-state index contributed by atoms with van der Waals surface area (Å²) in [5.41, 5.74) is 8.91. The lowest BCUT2D eigenvalue weighted by Gasteiger charge is -2.11. The van der Waals surface area contributed by atoms with Crippen molar-refractivity contribution in [1.29, 1.82) is 0 Å². The van der Waals surface area contributed by atoms with Crippen molar-refractivity contribution in [2.45, 2.75) is 0 Å². The van der Waals surface area contributed by atoms with Gasteiger partial charge in [0.1, 0.15) is 11.2 Å². The molecule has 0 amide bonds. The van der Waals surface area contributed by atoms with Gasteiger partial charge in [-0.25, -0.2) is 4.98 Å². The monoisotopic (exact) mass is 653 g/mol. The van der Waals surface area contributed by atoms with Crippen molar-refractivity contribution in [3.8, 4) is 34.4 Å². The number of para-hydroxylation sites is 3. The summed E-state index contributed by atoms with van der Waals surface area (Å²) >= 11 is 0. The molecule has 0 aliphatic rings. The fraction of sp³-hybridized carbons (Fsp3) is 0. The Balaban J connectivity index is 1.34. The van der Waals surface area contributed by atoms with E-state index >= 15 is 0 Å². The summed E-state index contributed by atoms with van der Waals surface area (Å²) in [5, 5.41) is 6.65. The molecular weight excluding hydrogens is 627 g/mol. The molecule has 11 aromatic rings. The van der Waals surface area contributed by atoms with Crippen LogP contribution in [0.5, 0.6) is 0 Å². The Labute approximate surface area is 291 Å². The quantitative estimate of drug-likeness (QED) is 0.190. The third kappa shape index (κ3) is 4.14. The third-order valence-corrected chi connectivity index (χ3v) is 9.96. The average molecular weight is 654 g/mol. The van der Waals surface area contributed by atoms with Gasteiger partial charge in [-0.05, 0) is 42.5 Å². The van der Waals surface area contributed by atoms with Crippen molar-refractivity contribution >= 4 is 65.6 Å². The summed E-state index contributed by atoms with van der Waals surface area (Å²) in [6.07, 6.45) is 0. The summed E-state index contributed by atoms with van der Waals surface area (Å²) in [6, 6.07) is 56.6. The van der Waals surface area contributed by atoms with Crippen LogP contribution in [0.1, 0.15) is 0 Å². The van der Waals surface area contributed by atoms with Crippen LogP contribution in [0.25, 0.3) is 100.0 Å². The number of aromatic nitrogens is 5. The molecule has 6 heteroatoms. The van der Waals surface area contributed by atoms with Crippen molar-refractivity contribution in [1.82, 2.24) is 24.1 Å². The highest BCUT2D eigenvalue weighted by atomic mass is 16.3. The second-order valence-corrected chi connectivity index (χ2v) is 12.9. The Kier molecular flexibility index (Phi) is 5.86. The molecule has 11 rings (SSSR count). The maximum Gasteiger partial charge on any atom is 0.238 e. The number of nitrogens with zero attached hydrogens (tertiary/aromatic N) is 5. The number of hydrogen-bond acceptors (Lipinski definition) is 4. The third-order valence-electron chi connectivity index (χ3n) is 9.96. The van der Waals surface area contributed by atoms with E-state index in [2.05, 4.69) is 100 Å². The molecule has 0 aliphatic heterocycles. The van der Waals surface area contributed by atoms with Crippen LogP contribution in [0.3, 0.4) is 0 Å². The number of rotatable bonds is 4. The highest BCUT2D eigenvalue weighted by Gasteiger charge is 2.24. The molecule has 4 aromatic heterocycles. The lowest BCUT2D eigenvalue weighted by atomic mass is 10.1. The van der Waals surface area contributed by atoms with Crippen molar-refractivity contribution < 1.29 is 4.42 Å². The van der Waals surface area contributed by atoms with Crippen molar-refractivity contribution in [2.75, 3.05) is 0 Å². The molecule has 0 saturated heterocycles. The first-order valence-electron chi connectivity index (χ1n) is 17.0. The minimum absolute atomic E-state index is 0.552. The van der Waals surface area contributed by atoms with Crippen LogP contribution in [0, 0.1) is 0 Å². The van der Waals surface area contributed by atoms with Gasteiger partial charge >= 0.3 is 0 Å². The van der Waals surface area contributed by atoms with E-state index in [0.717, 1.165) is 71.6 Å². The maximum atomic E-state index is 6.51. The zero-order chi connectivity index (χ0) is 33.5. The molecule has 238 valence electrons. The molecular formula is C45H27N5O. The maximum absolute atomic E-state index is 6.51. The molecule has 4 heterocycles. The van der Waals surface area contributed by atoms with Gasteiger partial charge in [0.25, 0.3) is 0 Å². The van der Waals surface area contributed by atoms with Gasteiger partial charge in [0.2, 0.25) is 5.95 Å². The average Bonchev–Trinajstić information content (AvgIpc) is 3.85. The molecule has 0 N–H and O–H groups in total. The van der Waals surface area contributed by atoms with E-state index in [0.29, 0.717) is 17.6 Å². The minimum Gasteiger partial charge on any atom is -0.456 e. The van der Waals surface area contributed by atoms with E-state index in [9.17, 15) is 0 Å². The van der Waals surface area contributed by atoms with E-state index in [4.69, 9.17) is 19.4 Å². The van der Waals surface area contributed by atoms with Crippen LogP contribution >= 0.6 is 0 Å².